The van der Waals surface area contributed by atoms with Gasteiger partial charge in [-0.05, 0) is 29.2 Å². The molecule has 0 atom stereocenters. The minimum atomic E-state index is -0.129. The summed E-state index contributed by atoms with van der Waals surface area (Å²) in [6.07, 6.45) is 4.92. The second kappa shape index (κ2) is 10.3. The first-order chi connectivity index (χ1) is 16.7. The van der Waals surface area contributed by atoms with Crippen molar-refractivity contribution in [2.45, 2.75) is 45.2 Å². The van der Waals surface area contributed by atoms with Crippen molar-refractivity contribution in [3.8, 4) is 0 Å². The van der Waals surface area contributed by atoms with Gasteiger partial charge in [0.15, 0.2) is 0 Å². The Kier molecular flexibility index (Phi) is 6.85. The number of aromatic nitrogens is 3. The van der Waals surface area contributed by atoms with E-state index in [9.17, 15) is 9.59 Å². The molecule has 2 aliphatic heterocycles. The number of hydrogen-bond acceptors (Lipinski definition) is 5. The number of nitrogens with one attached hydrogen (secondary N) is 1. The highest BCUT2D eigenvalue weighted by molar-refractivity contribution is 5.91. The first-order valence-electron chi connectivity index (χ1n) is 12.3. The van der Waals surface area contributed by atoms with E-state index in [1.807, 2.05) is 47.4 Å². The third-order valence-corrected chi connectivity index (χ3v) is 6.94. The van der Waals surface area contributed by atoms with Gasteiger partial charge in [0, 0.05) is 39.1 Å². The first kappa shape index (κ1) is 22.5. The van der Waals surface area contributed by atoms with Gasteiger partial charge < -0.3 is 14.8 Å². The van der Waals surface area contributed by atoms with Crippen LogP contribution in [0, 0.1) is 0 Å². The van der Waals surface area contributed by atoms with Gasteiger partial charge in [0.25, 0.3) is 0 Å². The zero-order valence-electron chi connectivity index (χ0n) is 19.6. The predicted octanol–water partition coefficient (Wildman–Crippen LogP) is 2.16. The van der Waals surface area contributed by atoms with E-state index in [0.29, 0.717) is 13.1 Å². The van der Waals surface area contributed by atoms with Crippen molar-refractivity contribution in [2.75, 3.05) is 32.7 Å². The van der Waals surface area contributed by atoms with Crippen molar-refractivity contribution in [3.05, 3.63) is 59.7 Å². The molecule has 3 heterocycles. The van der Waals surface area contributed by atoms with Crippen LogP contribution in [0.25, 0.3) is 10.8 Å². The molecule has 2 aliphatic rings. The highest BCUT2D eigenvalue weighted by atomic mass is 16.2. The quantitative estimate of drug-likeness (QED) is 0.610. The topological polar surface area (TPSA) is 83.4 Å². The minimum Gasteiger partial charge on any atom is -0.347 e. The van der Waals surface area contributed by atoms with Gasteiger partial charge in [0.1, 0.15) is 11.6 Å². The molecule has 0 radical (unpaired) electrons. The van der Waals surface area contributed by atoms with Crippen LogP contribution in [-0.2, 0) is 35.5 Å². The molecule has 8 heteroatoms. The van der Waals surface area contributed by atoms with Crippen LogP contribution in [0.3, 0.4) is 0 Å². The maximum atomic E-state index is 12.7. The van der Waals surface area contributed by atoms with Gasteiger partial charge >= 0.3 is 0 Å². The zero-order valence-corrected chi connectivity index (χ0v) is 19.6. The molecule has 1 N–H and O–H groups in total. The number of aryl methyl sites for hydroxylation is 1. The number of rotatable bonds is 6. The molecule has 8 nitrogen and oxygen atoms in total. The Morgan fingerprint density at radius 1 is 0.882 bits per heavy atom. The smallest absolute Gasteiger partial charge is 0.242 e. The van der Waals surface area contributed by atoms with E-state index >= 15 is 0 Å². The number of piperazine rings is 1. The summed E-state index contributed by atoms with van der Waals surface area (Å²) in [5, 5.41) is 13.8. The lowest BCUT2D eigenvalue weighted by Gasteiger charge is -2.34. The molecular weight excluding hydrogens is 428 g/mol. The predicted molar refractivity (Wildman–Crippen MR) is 130 cm³/mol. The summed E-state index contributed by atoms with van der Waals surface area (Å²) in [7, 11) is 0. The van der Waals surface area contributed by atoms with Crippen molar-refractivity contribution in [3.63, 3.8) is 0 Å². The van der Waals surface area contributed by atoms with Crippen LogP contribution in [0.15, 0.2) is 42.5 Å². The molecule has 1 fully saturated rings. The van der Waals surface area contributed by atoms with Crippen LogP contribution in [-0.4, -0.2) is 69.1 Å². The number of hydrogen-bond donors (Lipinski definition) is 1. The fourth-order valence-corrected chi connectivity index (χ4v) is 4.99. The molecule has 0 saturated carbocycles. The summed E-state index contributed by atoms with van der Waals surface area (Å²) in [6.45, 7) is 4.76. The second-order valence-corrected chi connectivity index (χ2v) is 9.24. The molecule has 34 heavy (non-hydrogen) atoms. The van der Waals surface area contributed by atoms with Crippen molar-refractivity contribution < 1.29 is 9.59 Å². The second-order valence-electron chi connectivity index (χ2n) is 9.24. The van der Waals surface area contributed by atoms with Gasteiger partial charge in [-0.15, -0.1) is 10.2 Å². The van der Waals surface area contributed by atoms with E-state index in [1.54, 1.807) is 0 Å². The lowest BCUT2D eigenvalue weighted by Crippen LogP contribution is -2.51. The van der Waals surface area contributed by atoms with E-state index in [-0.39, 0.29) is 24.8 Å². The maximum absolute atomic E-state index is 12.7. The molecule has 1 saturated heterocycles. The number of nitrogens with zero attached hydrogens (tertiary/aromatic N) is 5. The largest absolute Gasteiger partial charge is 0.347 e. The van der Waals surface area contributed by atoms with Crippen LogP contribution in [0.1, 0.15) is 36.5 Å². The zero-order chi connectivity index (χ0) is 23.3. The van der Waals surface area contributed by atoms with Crippen molar-refractivity contribution >= 4 is 22.6 Å². The summed E-state index contributed by atoms with van der Waals surface area (Å²) in [5.41, 5.74) is 0.975. The molecule has 0 aliphatic carbocycles. The normalized spacial score (nSPS) is 16.8. The van der Waals surface area contributed by atoms with Crippen LogP contribution >= 0.6 is 0 Å². The lowest BCUT2D eigenvalue weighted by molar-refractivity contribution is -0.134. The van der Waals surface area contributed by atoms with Crippen molar-refractivity contribution in [1.82, 2.24) is 29.9 Å². The maximum Gasteiger partial charge on any atom is 0.242 e. The molecule has 0 bridgehead atoms. The third kappa shape index (κ3) is 5.12. The summed E-state index contributed by atoms with van der Waals surface area (Å²) in [4.78, 5) is 29.4. The highest BCUT2D eigenvalue weighted by Gasteiger charge is 2.23. The van der Waals surface area contributed by atoms with Crippen LogP contribution in [0.2, 0.25) is 0 Å². The van der Waals surface area contributed by atoms with Crippen LogP contribution in [0.4, 0.5) is 0 Å². The number of carbonyl (C=O) groups is 2. The Hall–Kier alpha value is -3.26. The highest BCUT2D eigenvalue weighted by Crippen LogP contribution is 2.19. The van der Waals surface area contributed by atoms with Crippen LogP contribution in [0.5, 0.6) is 0 Å². The molecule has 2 amide bonds. The monoisotopic (exact) mass is 460 g/mol. The standard InChI is InChI=1S/C26H32N6O2/c33-25(17-21-9-6-8-20-7-3-4-10-22(20)21)27-18-26(34)31-15-13-30(14-16-31)19-24-29-28-23-11-2-1-5-12-32(23)24/h3-4,6-10H,1-2,5,11-19H2,(H,27,33). The summed E-state index contributed by atoms with van der Waals surface area (Å²) in [5.74, 6) is 2.00. The Morgan fingerprint density at radius 2 is 1.71 bits per heavy atom. The van der Waals surface area contributed by atoms with Crippen molar-refractivity contribution in [2.24, 2.45) is 0 Å². The fourth-order valence-electron chi connectivity index (χ4n) is 4.99. The summed E-state index contributed by atoms with van der Waals surface area (Å²) >= 11 is 0. The summed E-state index contributed by atoms with van der Waals surface area (Å²) in [6, 6.07) is 14.0. The van der Waals surface area contributed by atoms with Gasteiger partial charge in [0.05, 0.1) is 19.5 Å². The van der Waals surface area contributed by atoms with Gasteiger partial charge in [-0.2, -0.15) is 0 Å². The van der Waals surface area contributed by atoms with Gasteiger partial charge in [0.2, 0.25) is 11.8 Å². The van der Waals surface area contributed by atoms with Gasteiger partial charge in [-0.25, -0.2) is 0 Å². The molecule has 0 unspecified atom stereocenters. The SMILES string of the molecule is O=C(Cc1cccc2ccccc12)NCC(=O)N1CCN(Cc2nnc3n2CCCCC3)CC1. The molecule has 2 aromatic carbocycles. The molecule has 0 spiro atoms. The van der Waals surface area contributed by atoms with Crippen LogP contribution < -0.4 is 5.32 Å². The lowest BCUT2D eigenvalue weighted by atomic mass is 10.0. The molecule has 5 rings (SSSR count). The Bertz CT molecular complexity index is 1160. The molecule has 3 aromatic rings. The van der Waals surface area contributed by atoms with E-state index in [1.165, 1.54) is 19.3 Å². The number of benzene rings is 2. The van der Waals surface area contributed by atoms with E-state index in [2.05, 4.69) is 25.0 Å². The third-order valence-electron chi connectivity index (χ3n) is 6.94. The van der Waals surface area contributed by atoms with E-state index in [0.717, 1.165) is 60.6 Å². The Labute approximate surface area is 199 Å². The minimum absolute atomic E-state index is 0.0257. The average Bonchev–Trinajstić information content (AvgIpc) is 3.08. The number of fused-ring (bicyclic) bond motifs is 2. The average molecular weight is 461 g/mol. The summed E-state index contributed by atoms with van der Waals surface area (Å²) < 4.78 is 2.29. The molecule has 1 aromatic heterocycles. The fraction of sp³-hybridized carbons (Fsp3) is 0.462. The van der Waals surface area contributed by atoms with E-state index < -0.39 is 0 Å². The number of carbonyl (C=O) groups excluding carboxylic acids is 2. The number of amides is 2. The molecular formula is C26H32N6O2. The van der Waals surface area contributed by atoms with Gasteiger partial charge in [-0.3, -0.25) is 14.5 Å². The Balaban J connectivity index is 1.08. The van der Waals surface area contributed by atoms with E-state index in [4.69, 9.17) is 0 Å². The Morgan fingerprint density at radius 3 is 2.59 bits per heavy atom. The first-order valence-corrected chi connectivity index (χ1v) is 12.3. The van der Waals surface area contributed by atoms with Crippen molar-refractivity contribution in [1.29, 1.82) is 0 Å². The molecule has 178 valence electrons. The van der Waals surface area contributed by atoms with Gasteiger partial charge in [-0.1, -0.05) is 48.9 Å².